The topological polar surface area (TPSA) is 97.6 Å². The van der Waals surface area contributed by atoms with Crippen molar-refractivity contribution in [2.75, 3.05) is 11.4 Å². The van der Waals surface area contributed by atoms with E-state index in [-0.39, 0.29) is 35.6 Å². The fourth-order valence-corrected chi connectivity index (χ4v) is 4.18. The second-order valence-electron chi connectivity index (χ2n) is 6.64. The summed E-state index contributed by atoms with van der Waals surface area (Å²) < 4.78 is 0. The van der Waals surface area contributed by atoms with Gasteiger partial charge in [0.15, 0.2) is 0 Å². The van der Waals surface area contributed by atoms with Gasteiger partial charge in [0.1, 0.15) is 17.8 Å². The third-order valence-corrected chi connectivity index (χ3v) is 5.32. The minimum absolute atomic E-state index is 0.0155. The number of carbonyl (C=O) groups excluding carboxylic acids is 3. The van der Waals surface area contributed by atoms with Crippen LogP contribution in [0.3, 0.4) is 0 Å². The summed E-state index contributed by atoms with van der Waals surface area (Å²) in [5.74, 6) is -0.307. The van der Waals surface area contributed by atoms with Crippen LogP contribution >= 0.6 is 0 Å². The Labute approximate surface area is 144 Å². The highest BCUT2D eigenvalue weighted by molar-refractivity contribution is 6.22. The molecule has 1 aromatic rings. The summed E-state index contributed by atoms with van der Waals surface area (Å²) in [7, 11) is 0. The number of fused-ring (bicyclic) bond motifs is 5. The van der Waals surface area contributed by atoms with Crippen molar-refractivity contribution in [3.8, 4) is 6.07 Å². The van der Waals surface area contributed by atoms with Crippen LogP contribution in [0.15, 0.2) is 12.3 Å². The van der Waals surface area contributed by atoms with Gasteiger partial charge in [-0.1, -0.05) is 6.92 Å². The lowest BCUT2D eigenvalue weighted by Gasteiger charge is -2.34. The maximum absolute atomic E-state index is 12.9. The average Bonchev–Trinajstić information content (AvgIpc) is 3.26. The predicted molar refractivity (Wildman–Crippen MR) is 86.4 cm³/mol. The van der Waals surface area contributed by atoms with Gasteiger partial charge in [-0.15, -0.1) is 0 Å². The van der Waals surface area contributed by atoms with E-state index in [4.69, 9.17) is 5.26 Å². The van der Waals surface area contributed by atoms with E-state index in [0.717, 1.165) is 4.90 Å². The lowest BCUT2D eigenvalue weighted by molar-refractivity contribution is -0.135. The number of imide groups is 1. The summed E-state index contributed by atoms with van der Waals surface area (Å²) in [6.45, 7) is 4.00. The molecule has 0 aliphatic carbocycles. The molecule has 3 aliphatic heterocycles. The number of nitriles is 1. The number of aryl methyl sites for hydroxylation is 1. The zero-order chi connectivity index (χ0) is 17.9. The van der Waals surface area contributed by atoms with Crippen LogP contribution < -0.4 is 4.90 Å². The van der Waals surface area contributed by atoms with E-state index in [1.165, 1.54) is 6.20 Å². The Bertz CT molecular complexity index is 845. The van der Waals surface area contributed by atoms with Crippen LogP contribution in [0.2, 0.25) is 0 Å². The molecule has 0 N–H and O–H groups in total. The molecule has 1 aromatic heterocycles. The Hall–Kier alpha value is -2.95. The lowest BCUT2D eigenvalue weighted by atomic mass is 10.1. The molecule has 3 aliphatic rings. The predicted octanol–water partition coefficient (Wildman–Crippen LogP) is 0.792. The first-order valence-corrected chi connectivity index (χ1v) is 8.30. The SMILES string of the molecule is CCC(=O)N1CC2CC1[C@H]1C(=O)N(c3cnc(C#N)c(C)c3)C(=O)N21. The number of likely N-dealkylation sites (tertiary alicyclic amines) is 1. The molecule has 2 unspecified atom stereocenters. The van der Waals surface area contributed by atoms with E-state index >= 15 is 0 Å². The largest absolute Gasteiger partial charge is 0.335 e. The van der Waals surface area contributed by atoms with Crippen LogP contribution in [0.5, 0.6) is 0 Å². The minimum atomic E-state index is -0.613. The van der Waals surface area contributed by atoms with E-state index in [9.17, 15) is 14.4 Å². The average molecular weight is 339 g/mol. The Morgan fingerprint density at radius 3 is 2.84 bits per heavy atom. The number of urea groups is 1. The van der Waals surface area contributed by atoms with Crippen molar-refractivity contribution in [3.63, 3.8) is 0 Å². The molecule has 3 atom stereocenters. The smallest absolute Gasteiger partial charge is 0.332 e. The zero-order valence-electron chi connectivity index (χ0n) is 14.0. The van der Waals surface area contributed by atoms with Gasteiger partial charge in [-0.3, -0.25) is 9.59 Å². The van der Waals surface area contributed by atoms with Crippen LogP contribution in [-0.2, 0) is 9.59 Å². The number of carbonyl (C=O) groups is 3. The third kappa shape index (κ3) is 1.98. The van der Waals surface area contributed by atoms with Crippen molar-refractivity contribution in [2.24, 2.45) is 0 Å². The Morgan fingerprint density at radius 1 is 1.44 bits per heavy atom. The van der Waals surface area contributed by atoms with Crippen LogP contribution in [0, 0.1) is 18.3 Å². The third-order valence-electron chi connectivity index (χ3n) is 5.32. The maximum atomic E-state index is 12.9. The molecular formula is C17H17N5O3. The first-order valence-electron chi connectivity index (χ1n) is 8.30. The summed E-state index contributed by atoms with van der Waals surface area (Å²) >= 11 is 0. The monoisotopic (exact) mass is 339 g/mol. The van der Waals surface area contributed by atoms with Crippen LogP contribution in [0.25, 0.3) is 0 Å². The summed E-state index contributed by atoms with van der Waals surface area (Å²) in [5.41, 5.74) is 1.25. The van der Waals surface area contributed by atoms with Gasteiger partial charge in [0, 0.05) is 13.0 Å². The fraction of sp³-hybridized carbons (Fsp3) is 0.471. The van der Waals surface area contributed by atoms with Gasteiger partial charge in [-0.2, -0.15) is 5.26 Å². The molecule has 2 bridgehead atoms. The maximum Gasteiger partial charge on any atom is 0.332 e. The highest BCUT2D eigenvalue weighted by Crippen LogP contribution is 2.42. The second kappa shape index (κ2) is 5.28. The van der Waals surface area contributed by atoms with E-state index in [2.05, 4.69) is 4.98 Å². The molecule has 3 saturated heterocycles. The minimum Gasteiger partial charge on any atom is -0.335 e. The number of anilines is 1. The van der Waals surface area contributed by atoms with Crippen molar-refractivity contribution in [1.82, 2.24) is 14.8 Å². The number of amides is 4. The summed E-state index contributed by atoms with van der Waals surface area (Å²) in [6.07, 6.45) is 2.42. The first-order chi connectivity index (χ1) is 12.0. The van der Waals surface area contributed by atoms with Gasteiger partial charge in [-0.25, -0.2) is 14.7 Å². The molecule has 25 heavy (non-hydrogen) atoms. The normalized spacial score (nSPS) is 27.1. The number of pyridine rings is 1. The van der Waals surface area contributed by atoms with Crippen LogP contribution in [0.4, 0.5) is 10.5 Å². The van der Waals surface area contributed by atoms with Gasteiger partial charge < -0.3 is 9.80 Å². The Morgan fingerprint density at radius 2 is 2.20 bits per heavy atom. The highest BCUT2D eigenvalue weighted by atomic mass is 16.2. The molecular weight excluding hydrogens is 322 g/mol. The van der Waals surface area contributed by atoms with Crippen molar-refractivity contribution in [1.29, 1.82) is 5.26 Å². The lowest BCUT2D eigenvalue weighted by Crippen LogP contribution is -2.54. The van der Waals surface area contributed by atoms with E-state index in [1.54, 1.807) is 29.7 Å². The van der Waals surface area contributed by atoms with Crippen molar-refractivity contribution >= 4 is 23.5 Å². The van der Waals surface area contributed by atoms with Crippen LogP contribution in [-0.4, -0.2) is 57.3 Å². The van der Waals surface area contributed by atoms with Gasteiger partial charge in [0.25, 0.3) is 5.91 Å². The molecule has 3 fully saturated rings. The number of nitrogens with zero attached hydrogens (tertiary/aromatic N) is 5. The molecule has 128 valence electrons. The molecule has 4 heterocycles. The second-order valence-corrected chi connectivity index (χ2v) is 6.64. The molecule has 0 radical (unpaired) electrons. The molecule has 0 saturated carbocycles. The molecule has 0 aromatic carbocycles. The summed E-state index contributed by atoms with van der Waals surface area (Å²) in [6, 6.07) is 2.26. The van der Waals surface area contributed by atoms with Crippen molar-refractivity contribution in [2.45, 2.75) is 44.8 Å². The van der Waals surface area contributed by atoms with E-state index < -0.39 is 6.04 Å². The number of aromatic nitrogens is 1. The number of piperazine rings is 1. The highest BCUT2D eigenvalue weighted by Gasteiger charge is 2.62. The number of rotatable bonds is 2. The molecule has 4 rings (SSSR count). The van der Waals surface area contributed by atoms with Crippen LogP contribution in [0.1, 0.15) is 31.0 Å². The van der Waals surface area contributed by atoms with Crippen molar-refractivity contribution < 1.29 is 14.4 Å². The summed E-state index contributed by atoms with van der Waals surface area (Å²) in [4.78, 5) is 46.4. The molecule has 8 heteroatoms. The van der Waals surface area contributed by atoms with E-state index in [1.807, 2.05) is 6.07 Å². The quantitative estimate of drug-likeness (QED) is 0.742. The zero-order valence-corrected chi connectivity index (χ0v) is 14.0. The molecule has 0 spiro atoms. The van der Waals surface area contributed by atoms with E-state index in [0.29, 0.717) is 30.6 Å². The number of hydrogen-bond acceptors (Lipinski definition) is 5. The fourth-order valence-electron chi connectivity index (χ4n) is 4.18. The van der Waals surface area contributed by atoms with Gasteiger partial charge >= 0.3 is 6.03 Å². The van der Waals surface area contributed by atoms with Gasteiger partial charge in [0.2, 0.25) is 5.91 Å². The van der Waals surface area contributed by atoms with Gasteiger partial charge in [-0.05, 0) is 25.0 Å². The number of hydrogen-bond donors (Lipinski definition) is 0. The van der Waals surface area contributed by atoms with Gasteiger partial charge in [0.05, 0.1) is 24.0 Å². The van der Waals surface area contributed by atoms with Crippen molar-refractivity contribution in [3.05, 3.63) is 23.5 Å². The Kier molecular flexibility index (Phi) is 3.29. The summed E-state index contributed by atoms with van der Waals surface area (Å²) in [5, 5.41) is 8.99. The Balaban J connectivity index is 1.68. The molecule has 4 amide bonds. The first kappa shape index (κ1) is 15.6. The standard InChI is InChI=1S/C17H17N5O3/c1-3-14(23)20-8-11-5-13(20)15-16(24)22(17(25)21(11)15)10-4-9(2)12(6-18)19-7-10/h4,7,11,13,15H,3,5,8H2,1-2H3/t11?,13?,15-/m0/s1. The molecule has 8 nitrogen and oxygen atoms in total.